The molecule has 1 saturated heterocycles. The van der Waals surface area contributed by atoms with Gasteiger partial charge in [-0.05, 0) is 62.9 Å². The van der Waals surface area contributed by atoms with Crippen LogP contribution in [0.5, 0.6) is 0 Å². The van der Waals surface area contributed by atoms with Crippen LogP contribution in [-0.4, -0.2) is 50.8 Å². The SMILES string of the molecule is Cc1cc(C)c(C2=NO[C@H](C3=C(C(=O)OCc4ccc([N+](=O)[O-])cc4)N4C(=O)[C@H]([C@@H](C)O)[C@H]4C3)C2)c(C)c1. The van der Waals surface area contributed by atoms with E-state index in [-0.39, 0.29) is 29.9 Å². The Kier molecular flexibility index (Phi) is 6.52. The molecule has 10 heteroatoms. The van der Waals surface area contributed by atoms with Crippen LogP contribution in [0.4, 0.5) is 5.69 Å². The van der Waals surface area contributed by atoms with Crippen LogP contribution >= 0.6 is 0 Å². The normalized spacial score (nSPS) is 23.0. The van der Waals surface area contributed by atoms with Gasteiger partial charge in [-0.3, -0.25) is 14.9 Å². The Morgan fingerprint density at radius 2 is 1.87 bits per heavy atom. The van der Waals surface area contributed by atoms with Gasteiger partial charge in [0.1, 0.15) is 12.3 Å². The summed E-state index contributed by atoms with van der Waals surface area (Å²) < 4.78 is 5.55. The van der Waals surface area contributed by atoms with Crippen molar-refractivity contribution in [3.8, 4) is 0 Å². The van der Waals surface area contributed by atoms with Gasteiger partial charge in [0.15, 0.2) is 6.10 Å². The van der Waals surface area contributed by atoms with Crippen molar-refractivity contribution in [2.24, 2.45) is 11.1 Å². The van der Waals surface area contributed by atoms with Gasteiger partial charge in [-0.25, -0.2) is 4.79 Å². The van der Waals surface area contributed by atoms with Crippen molar-refractivity contribution in [3.63, 3.8) is 0 Å². The number of nitro benzene ring substituents is 1. The summed E-state index contributed by atoms with van der Waals surface area (Å²) in [6.07, 6.45) is -0.578. The first-order chi connectivity index (χ1) is 18.1. The molecule has 2 aromatic rings. The Balaban J connectivity index is 1.39. The zero-order valence-corrected chi connectivity index (χ0v) is 21.6. The molecule has 0 saturated carbocycles. The zero-order chi connectivity index (χ0) is 27.3. The van der Waals surface area contributed by atoms with Gasteiger partial charge in [0, 0.05) is 29.7 Å². The number of aryl methyl sites for hydroxylation is 3. The highest BCUT2D eigenvalue weighted by Crippen LogP contribution is 2.46. The molecule has 0 aliphatic carbocycles. The van der Waals surface area contributed by atoms with Gasteiger partial charge in [0.05, 0.1) is 28.7 Å². The maximum atomic E-state index is 13.3. The van der Waals surface area contributed by atoms with Crippen molar-refractivity contribution >= 4 is 23.3 Å². The molecule has 0 radical (unpaired) electrons. The van der Waals surface area contributed by atoms with Crippen LogP contribution in [-0.2, 0) is 25.8 Å². The highest BCUT2D eigenvalue weighted by Gasteiger charge is 2.58. The summed E-state index contributed by atoms with van der Waals surface area (Å²) in [7, 11) is 0. The van der Waals surface area contributed by atoms with E-state index in [1.165, 1.54) is 29.2 Å². The third-order valence-electron chi connectivity index (χ3n) is 7.50. The lowest BCUT2D eigenvalue weighted by atomic mass is 9.82. The number of nitro groups is 1. The Morgan fingerprint density at radius 1 is 1.21 bits per heavy atom. The minimum Gasteiger partial charge on any atom is -0.456 e. The van der Waals surface area contributed by atoms with Crippen LogP contribution in [0.3, 0.4) is 0 Å². The second-order valence-electron chi connectivity index (χ2n) is 10.2. The molecule has 38 heavy (non-hydrogen) atoms. The number of carbonyl (C=O) groups is 2. The number of β-lactam (4-membered cyclic amide) rings is 1. The first-order valence-electron chi connectivity index (χ1n) is 12.5. The van der Waals surface area contributed by atoms with Crippen molar-refractivity contribution in [1.29, 1.82) is 0 Å². The van der Waals surface area contributed by atoms with E-state index < -0.39 is 29.0 Å². The summed E-state index contributed by atoms with van der Waals surface area (Å²) in [5, 5.41) is 25.4. The molecular formula is C28H29N3O7. The van der Waals surface area contributed by atoms with E-state index in [1.807, 2.05) is 20.8 Å². The van der Waals surface area contributed by atoms with E-state index in [1.54, 1.807) is 6.92 Å². The molecule has 198 valence electrons. The van der Waals surface area contributed by atoms with E-state index in [2.05, 4.69) is 17.3 Å². The van der Waals surface area contributed by atoms with Crippen LogP contribution in [0.1, 0.15) is 47.6 Å². The topological polar surface area (TPSA) is 132 Å². The lowest BCUT2D eigenvalue weighted by Gasteiger charge is -2.44. The van der Waals surface area contributed by atoms with Crippen molar-refractivity contribution < 1.29 is 29.2 Å². The summed E-state index contributed by atoms with van der Waals surface area (Å²) in [5.74, 6) is -1.61. The second-order valence-corrected chi connectivity index (χ2v) is 10.2. The molecule has 10 nitrogen and oxygen atoms in total. The van der Waals surface area contributed by atoms with E-state index in [0.29, 0.717) is 24.0 Å². The number of non-ortho nitro benzene ring substituents is 1. The van der Waals surface area contributed by atoms with Crippen molar-refractivity contribution in [3.05, 3.63) is 85.6 Å². The quantitative estimate of drug-likeness (QED) is 0.256. The maximum Gasteiger partial charge on any atom is 0.355 e. The Labute approximate surface area is 219 Å². The van der Waals surface area contributed by atoms with E-state index in [4.69, 9.17) is 9.57 Å². The highest BCUT2D eigenvalue weighted by molar-refractivity contribution is 6.05. The number of benzene rings is 2. The molecule has 1 N–H and O–H groups in total. The number of rotatable bonds is 7. The Bertz CT molecular complexity index is 1370. The summed E-state index contributed by atoms with van der Waals surface area (Å²) in [6, 6.07) is 9.54. The number of oxime groups is 1. The Hall–Kier alpha value is -4.05. The molecule has 1 amide bonds. The molecule has 3 heterocycles. The van der Waals surface area contributed by atoms with Gasteiger partial charge in [-0.15, -0.1) is 0 Å². The van der Waals surface area contributed by atoms with Crippen molar-refractivity contribution in [2.45, 2.75) is 65.4 Å². The second kappa shape index (κ2) is 9.68. The number of hydrogen-bond donors (Lipinski definition) is 1. The number of carbonyl (C=O) groups excluding carboxylic acids is 2. The molecule has 2 aromatic carbocycles. The smallest absolute Gasteiger partial charge is 0.355 e. The number of esters is 1. The fourth-order valence-corrected chi connectivity index (χ4v) is 5.86. The van der Waals surface area contributed by atoms with Crippen molar-refractivity contribution in [2.75, 3.05) is 0 Å². The van der Waals surface area contributed by atoms with E-state index >= 15 is 0 Å². The predicted octanol–water partition coefficient (Wildman–Crippen LogP) is 3.62. The molecule has 0 spiro atoms. The van der Waals surface area contributed by atoms with Gasteiger partial charge < -0.3 is 19.6 Å². The standard InChI is InChI=1S/C28H29N3O7/c1-14-9-15(2)24(16(3)10-14)21-12-23(38-29-21)20-11-22-25(17(4)32)27(33)30(22)26(20)28(34)37-13-18-5-7-19(8-6-18)31(35)36/h5-10,17,22-23,25,32H,11-13H2,1-4H3/t17-,22-,23+,25-/m1/s1. The molecule has 3 aliphatic heterocycles. The molecule has 5 rings (SSSR count). The van der Waals surface area contributed by atoms with Crippen LogP contribution in [0.25, 0.3) is 0 Å². The molecule has 1 fully saturated rings. The van der Waals surface area contributed by atoms with Crippen LogP contribution < -0.4 is 0 Å². The number of aliphatic hydroxyl groups excluding tert-OH is 1. The third kappa shape index (κ3) is 4.34. The lowest BCUT2D eigenvalue weighted by Crippen LogP contribution is -2.61. The maximum absolute atomic E-state index is 13.3. The average Bonchev–Trinajstić information content (AvgIpc) is 3.45. The van der Waals surface area contributed by atoms with Gasteiger partial charge in [0.2, 0.25) is 5.91 Å². The van der Waals surface area contributed by atoms with E-state index in [0.717, 1.165) is 28.0 Å². The summed E-state index contributed by atoms with van der Waals surface area (Å²) >= 11 is 0. The van der Waals surface area contributed by atoms with E-state index in [9.17, 15) is 24.8 Å². The average molecular weight is 520 g/mol. The first-order valence-corrected chi connectivity index (χ1v) is 12.5. The largest absolute Gasteiger partial charge is 0.456 e. The third-order valence-corrected chi connectivity index (χ3v) is 7.50. The van der Waals surface area contributed by atoms with Gasteiger partial charge in [0.25, 0.3) is 5.69 Å². The lowest BCUT2D eigenvalue weighted by molar-refractivity contribution is -0.384. The minimum absolute atomic E-state index is 0.0627. The number of hydrogen-bond acceptors (Lipinski definition) is 8. The first kappa shape index (κ1) is 25.6. The fraction of sp³-hybridized carbons (Fsp3) is 0.393. The summed E-state index contributed by atoms with van der Waals surface area (Å²) in [5.41, 5.74) is 6.40. The molecule has 3 aliphatic rings. The summed E-state index contributed by atoms with van der Waals surface area (Å²) in [4.78, 5) is 43.9. The summed E-state index contributed by atoms with van der Waals surface area (Å²) in [6.45, 7) is 7.55. The van der Waals surface area contributed by atoms with Gasteiger partial charge in [-0.1, -0.05) is 22.9 Å². The van der Waals surface area contributed by atoms with Crippen LogP contribution in [0.15, 0.2) is 52.8 Å². The molecule has 0 unspecified atom stereocenters. The van der Waals surface area contributed by atoms with Crippen molar-refractivity contribution in [1.82, 2.24) is 4.90 Å². The Morgan fingerprint density at radius 3 is 2.47 bits per heavy atom. The van der Waals surface area contributed by atoms with Crippen LogP contribution in [0.2, 0.25) is 0 Å². The zero-order valence-electron chi connectivity index (χ0n) is 21.6. The number of nitrogens with zero attached hydrogens (tertiary/aromatic N) is 3. The molecule has 0 aromatic heterocycles. The van der Waals surface area contributed by atoms with Gasteiger partial charge in [-0.2, -0.15) is 0 Å². The monoisotopic (exact) mass is 519 g/mol. The molecule has 0 bridgehead atoms. The number of aliphatic hydroxyl groups is 1. The fourth-order valence-electron chi connectivity index (χ4n) is 5.86. The molecule has 4 atom stereocenters. The molecular weight excluding hydrogens is 490 g/mol. The number of fused-ring (bicyclic) bond motifs is 1. The minimum atomic E-state index is -0.852. The highest BCUT2D eigenvalue weighted by atomic mass is 16.6. The van der Waals surface area contributed by atoms with Crippen LogP contribution in [0, 0.1) is 36.8 Å². The number of amides is 1. The predicted molar refractivity (Wildman–Crippen MR) is 137 cm³/mol. The number of ether oxygens (including phenoxy) is 1. The van der Waals surface area contributed by atoms with Gasteiger partial charge >= 0.3 is 5.97 Å².